The third-order valence-electron chi connectivity index (χ3n) is 3.57. The van der Waals surface area contributed by atoms with Crippen molar-refractivity contribution in [3.63, 3.8) is 0 Å². The molecule has 0 fully saturated rings. The summed E-state index contributed by atoms with van der Waals surface area (Å²) >= 11 is 0. The highest BCUT2D eigenvalue weighted by Gasteiger charge is 2.11. The van der Waals surface area contributed by atoms with E-state index in [1.807, 2.05) is 24.3 Å². The number of rotatable bonds is 1. The molecule has 0 bridgehead atoms. The molecule has 4 rings (SSSR count). The molecule has 1 heterocycles. The summed E-state index contributed by atoms with van der Waals surface area (Å²) < 4.78 is 13.3. The standard InChI is InChI=1S/C17H11FN2/c18-12-8-9-15-16(10-12)19-20-17(15)14-7-3-5-11-4-1-2-6-13(11)14/h1-10H,(H,19,20). The maximum atomic E-state index is 13.3. The molecule has 0 aliphatic rings. The summed E-state index contributed by atoms with van der Waals surface area (Å²) in [4.78, 5) is 0. The molecule has 20 heavy (non-hydrogen) atoms. The number of nitrogens with one attached hydrogen (secondary N) is 1. The van der Waals surface area contributed by atoms with Gasteiger partial charge in [0.05, 0.1) is 5.52 Å². The first-order valence-corrected chi connectivity index (χ1v) is 6.45. The number of H-pyrrole nitrogens is 1. The molecule has 96 valence electrons. The number of nitrogens with zero attached hydrogens (tertiary/aromatic N) is 1. The molecular weight excluding hydrogens is 251 g/mol. The second kappa shape index (κ2) is 4.17. The predicted octanol–water partition coefficient (Wildman–Crippen LogP) is 4.52. The largest absolute Gasteiger partial charge is 0.277 e. The van der Waals surface area contributed by atoms with E-state index in [9.17, 15) is 4.39 Å². The van der Waals surface area contributed by atoms with Crippen molar-refractivity contribution in [2.75, 3.05) is 0 Å². The summed E-state index contributed by atoms with van der Waals surface area (Å²) in [6.45, 7) is 0. The average molecular weight is 262 g/mol. The Morgan fingerprint density at radius 1 is 0.850 bits per heavy atom. The van der Waals surface area contributed by atoms with Gasteiger partial charge in [-0.05, 0) is 29.0 Å². The molecule has 3 aromatic carbocycles. The van der Waals surface area contributed by atoms with Crippen molar-refractivity contribution in [2.45, 2.75) is 0 Å². The van der Waals surface area contributed by atoms with Crippen LogP contribution in [-0.2, 0) is 0 Å². The summed E-state index contributed by atoms with van der Waals surface area (Å²) in [5.74, 6) is -0.259. The number of fused-ring (bicyclic) bond motifs is 2. The fourth-order valence-corrected chi connectivity index (χ4v) is 2.63. The topological polar surface area (TPSA) is 28.7 Å². The highest BCUT2D eigenvalue weighted by molar-refractivity contribution is 6.03. The van der Waals surface area contributed by atoms with E-state index in [1.54, 1.807) is 6.07 Å². The van der Waals surface area contributed by atoms with Crippen LogP contribution in [0.3, 0.4) is 0 Å². The molecule has 0 atom stereocenters. The fraction of sp³-hybridized carbons (Fsp3) is 0. The Morgan fingerprint density at radius 3 is 2.65 bits per heavy atom. The Hall–Kier alpha value is -2.68. The molecular formula is C17H11FN2. The van der Waals surface area contributed by atoms with Crippen LogP contribution in [0.2, 0.25) is 0 Å². The lowest BCUT2D eigenvalue weighted by atomic mass is 10.0. The minimum atomic E-state index is -0.259. The number of halogens is 1. The minimum absolute atomic E-state index is 0.259. The van der Waals surface area contributed by atoms with Gasteiger partial charge < -0.3 is 0 Å². The van der Waals surface area contributed by atoms with Crippen LogP contribution in [0.15, 0.2) is 60.7 Å². The molecule has 0 aliphatic heterocycles. The van der Waals surface area contributed by atoms with Gasteiger partial charge in [-0.25, -0.2) is 4.39 Å². The molecule has 3 heteroatoms. The Bertz CT molecular complexity index is 919. The van der Waals surface area contributed by atoms with Crippen LogP contribution < -0.4 is 0 Å². The first kappa shape index (κ1) is 11.2. The fourth-order valence-electron chi connectivity index (χ4n) is 2.63. The van der Waals surface area contributed by atoms with Gasteiger partial charge in [-0.15, -0.1) is 0 Å². The maximum absolute atomic E-state index is 13.3. The lowest BCUT2D eigenvalue weighted by Gasteiger charge is -2.04. The third kappa shape index (κ3) is 1.60. The highest BCUT2D eigenvalue weighted by atomic mass is 19.1. The van der Waals surface area contributed by atoms with Crippen molar-refractivity contribution in [3.8, 4) is 11.3 Å². The van der Waals surface area contributed by atoms with E-state index in [0.717, 1.165) is 22.0 Å². The van der Waals surface area contributed by atoms with Crippen molar-refractivity contribution in [3.05, 3.63) is 66.5 Å². The Labute approximate surface area is 114 Å². The molecule has 4 aromatic rings. The second-order valence-electron chi connectivity index (χ2n) is 4.79. The first-order valence-electron chi connectivity index (χ1n) is 6.45. The van der Waals surface area contributed by atoms with Gasteiger partial charge in [0.25, 0.3) is 0 Å². The lowest BCUT2D eigenvalue weighted by Crippen LogP contribution is -1.82. The van der Waals surface area contributed by atoms with Crippen LogP contribution in [0.5, 0.6) is 0 Å². The zero-order valence-electron chi connectivity index (χ0n) is 10.6. The van der Waals surface area contributed by atoms with E-state index in [2.05, 4.69) is 28.4 Å². The summed E-state index contributed by atoms with van der Waals surface area (Å²) in [6.07, 6.45) is 0. The van der Waals surface area contributed by atoms with Crippen LogP contribution >= 0.6 is 0 Å². The van der Waals surface area contributed by atoms with Crippen molar-refractivity contribution in [1.82, 2.24) is 10.2 Å². The number of aromatic amines is 1. The van der Waals surface area contributed by atoms with Crippen LogP contribution in [-0.4, -0.2) is 10.2 Å². The summed E-state index contributed by atoms with van der Waals surface area (Å²) in [6, 6.07) is 19.0. The Morgan fingerprint density at radius 2 is 1.70 bits per heavy atom. The van der Waals surface area contributed by atoms with E-state index in [-0.39, 0.29) is 5.82 Å². The summed E-state index contributed by atoms with van der Waals surface area (Å²) in [7, 11) is 0. The van der Waals surface area contributed by atoms with Crippen molar-refractivity contribution >= 4 is 21.7 Å². The SMILES string of the molecule is Fc1ccc2c(-c3cccc4ccccc34)n[nH]c2c1. The maximum Gasteiger partial charge on any atom is 0.125 e. The molecule has 0 aliphatic carbocycles. The van der Waals surface area contributed by atoms with Crippen molar-refractivity contribution < 1.29 is 4.39 Å². The van der Waals surface area contributed by atoms with Gasteiger partial charge in [0.1, 0.15) is 11.5 Å². The van der Waals surface area contributed by atoms with Crippen LogP contribution in [0.1, 0.15) is 0 Å². The van der Waals surface area contributed by atoms with Gasteiger partial charge in [0.15, 0.2) is 0 Å². The smallest absolute Gasteiger partial charge is 0.125 e. The zero-order chi connectivity index (χ0) is 13.5. The lowest BCUT2D eigenvalue weighted by molar-refractivity contribution is 0.629. The first-order chi connectivity index (χ1) is 9.83. The van der Waals surface area contributed by atoms with Crippen LogP contribution in [0.4, 0.5) is 4.39 Å². The predicted molar refractivity (Wildman–Crippen MR) is 79.0 cm³/mol. The van der Waals surface area contributed by atoms with Crippen molar-refractivity contribution in [2.24, 2.45) is 0 Å². The van der Waals surface area contributed by atoms with E-state index < -0.39 is 0 Å². The Balaban J connectivity index is 2.06. The molecule has 0 spiro atoms. The Kier molecular flexibility index (Phi) is 2.33. The molecule has 0 amide bonds. The molecule has 1 N–H and O–H groups in total. The molecule has 0 unspecified atom stereocenters. The van der Waals surface area contributed by atoms with E-state index >= 15 is 0 Å². The summed E-state index contributed by atoms with van der Waals surface area (Å²) in [5.41, 5.74) is 2.63. The second-order valence-corrected chi connectivity index (χ2v) is 4.79. The monoisotopic (exact) mass is 262 g/mol. The van der Waals surface area contributed by atoms with E-state index in [4.69, 9.17) is 0 Å². The quantitative estimate of drug-likeness (QED) is 0.536. The normalized spacial score (nSPS) is 11.2. The van der Waals surface area contributed by atoms with Crippen LogP contribution in [0, 0.1) is 5.82 Å². The van der Waals surface area contributed by atoms with E-state index in [0.29, 0.717) is 5.52 Å². The molecule has 1 aromatic heterocycles. The van der Waals surface area contributed by atoms with E-state index in [1.165, 1.54) is 17.5 Å². The molecule has 0 radical (unpaired) electrons. The number of hydrogen-bond donors (Lipinski definition) is 1. The summed E-state index contributed by atoms with van der Waals surface area (Å²) in [5, 5.41) is 10.5. The minimum Gasteiger partial charge on any atom is -0.277 e. The molecule has 0 saturated heterocycles. The number of hydrogen-bond acceptors (Lipinski definition) is 1. The van der Waals surface area contributed by atoms with Gasteiger partial charge in [-0.3, -0.25) is 5.10 Å². The van der Waals surface area contributed by atoms with Gasteiger partial charge in [0.2, 0.25) is 0 Å². The van der Waals surface area contributed by atoms with Gasteiger partial charge in [-0.1, -0.05) is 42.5 Å². The van der Waals surface area contributed by atoms with Gasteiger partial charge in [0, 0.05) is 10.9 Å². The molecule has 2 nitrogen and oxygen atoms in total. The van der Waals surface area contributed by atoms with Crippen LogP contribution in [0.25, 0.3) is 32.9 Å². The van der Waals surface area contributed by atoms with Gasteiger partial charge >= 0.3 is 0 Å². The number of benzene rings is 3. The van der Waals surface area contributed by atoms with Crippen molar-refractivity contribution in [1.29, 1.82) is 0 Å². The molecule has 0 saturated carbocycles. The number of aromatic nitrogens is 2. The van der Waals surface area contributed by atoms with Gasteiger partial charge in [-0.2, -0.15) is 5.10 Å². The zero-order valence-corrected chi connectivity index (χ0v) is 10.6. The third-order valence-corrected chi connectivity index (χ3v) is 3.57. The average Bonchev–Trinajstić information content (AvgIpc) is 2.89. The highest BCUT2D eigenvalue weighted by Crippen LogP contribution is 2.32.